The fourth-order valence-electron chi connectivity index (χ4n) is 0.933. The third-order valence-electron chi connectivity index (χ3n) is 2.17. The molecule has 0 aliphatic rings. The molecule has 0 spiro atoms. The highest BCUT2D eigenvalue weighted by molar-refractivity contribution is 5.74. The number of rotatable bonds is 4. The van der Waals surface area contributed by atoms with Crippen molar-refractivity contribution in [3.05, 3.63) is 48.6 Å². The van der Waals surface area contributed by atoms with Crippen LogP contribution in [-0.4, -0.2) is 18.0 Å². The van der Waals surface area contributed by atoms with Crippen molar-refractivity contribution in [1.82, 2.24) is 0 Å². The van der Waals surface area contributed by atoms with Crippen molar-refractivity contribution in [2.75, 3.05) is 7.11 Å². The largest absolute Gasteiger partial charge is 0.400 e. The molecule has 1 aromatic carbocycles. The molecule has 130 valence electrons. The van der Waals surface area contributed by atoms with Gasteiger partial charge in [-0.15, -0.1) is 6.58 Å². The molecular formula is C20H38O2. The molecule has 0 fully saturated rings. The standard InChI is InChI=1S/C9H12.C4H8O.C4H8.C2H6.CH4O/c1-2-6-9-7-4-3-5-8-9;1-3-4(2)5;1-3-4-2;2*1-2/h3-5,7-8H,2,6H2,1H3;3H2,1-2H3;3H,1,4H2,2H3;1-2H3;2H,1H3. The van der Waals surface area contributed by atoms with Crippen LogP contribution in [0.1, 0.15) is 66.4 Å². The summed E-state index contributed by atoms with van der Waals surface area (Å²) in [7, 11) is 1.00. The van der Waals surface area contributed by atoms with Crippen molar-refractivity contribution in [1.29, 1.82) is 0 Å². The molecule has 0 aliphatic carbocycles. The van der Waals surface area contributed by atoms with Gasteiger partial charge in [-0.05, 0) is 25.3 Å². The molecule has 0 aromatic heterocycles. The summed E-state index contributed by atoms with van der Waals surface area (Å²) in [5.74, 6) is 0.255. The molecule has 0 radical (unpaired) electrons. The highest BCUT2D eigenvalue weighted by Crippen LogP contribution is 2.00. The van der Waals surface area contributed by atoms with Crippen LogP contribution in [0.2, 0.25) is 0 Å². The first-order valence-corrected chi connectivity index (χ1v) is 8.21. The van der Waals surface area contributed by atoms with Crippen molar-refractivity contribution in [3.8, 4) is 0 Å². The number of aliphatic hydroxyl groups excluding tert-OH is 1. The number of carbonyl (C=O) groups excluding carboxylic acids is 1. The predicted octanol–water partition coefficient (Wildman–Crippen LogP) is 5.84. The van der Waals surface area contributed by atoms with E-state index in [2.05, 4.69) is 50.8 Å². The Morgan fingerprint density at radius 3 is 1.68 bits per heavy atom. The summed E-state index contributed by atoms with van der Waals surface area (Å²) >= 11 is 0. The van der Waals surface area contributed by atoms with E-state index in [1.165, 1.54) is 18.4 Å². The Morgan fingerprint density at radius 2 is 1.45 bits per heavy atom. The summed E-state index contributed by atoms with van der Waals surface area (Å²) in [4.78, 5) is 9.81. The molecule has 0 heterocycles. The summed E-state index contributed by atoms with van der Waals surface area (Å²) in [6.45, 7) is 15.2. The van der Waals surface area contributed by atoms with Crippen LogP contribution in [0.25, 0.3) is 0 Å². The maximum atomic E-state index is 9.81. The monoisotopic (exact) mass is 310 g/mol. The van der Waals surface area contributed by atoms with Crippen LogP contribution in [0, 0.1) is 0 Å². The van der Waals surface area contributed by atoms with E-state index in [4.69, 9.17) is 5.11 Å². The minimum atomic E-state index is 0.255. The molecular weight excluding hydrogens is 272 g/mol. The SMILES string of the molecule is C=CCC.CC.CCC(C)=O.CCCc1ccccc1.CO. The van der Waals surface area contributed by atoms with Crippen molar-refractivity contribution in [2.45, 2.75) is 67.2 Å². The zero-order valence-corrected chi connectivity index (χ0v) is 15.9. The van der Waals surface area contributed by atoms with Crippen LogP contribution in [0.15, 0.2) is 43.0 Å². The van der Waals surface area contributed by atoms with Gasteiger partial charge in [0.25, 0.3) is 0 Å². The number of aliphatic hydroxyl groups is 1. The lowest BCUT2D eigenvalue weighted by Crippen LogP contribution is -1.80. The Kier molecular flexibility index (Phi) is 41.5. The van der Waals surface area contributed by atoms with Crippen LogP contribution in [0.3, 0.4) is 0 Å². The van der Waals surface area contributed by atoms with Gasteiger partial charge >= 0.3 is 0 Å². The molecule has 2 heteroatoms. The Hall–Kier alpha value is -1.41. The molecule has 0 bridgehead atoms. The van der Waals surface area contributed by atoms with Crippen LogP contribution in [-0.2, 0) is 11.2 Å². The first-order chi connectivity index (χ1) is 10.6. The van der Waals surface area contributed by atoms with Gasteiger partial charge < -0.3 is 9.90 Å². The Morgan fingerprint density at radius 1 is 1.09 bits per heavy atom. The minimum Gasteiger partial charge on any atom is -0.400 e. The molecule has 2 nitrogen and oxygen atoms in total. The lowest BCUT2D eigenvalue weighted by atomic mass is 10.1. The number of benzene rings is 1. The van der Waals surface area contributed by atoms with Gasteiger partial charge in [-0.3, -0.25) is 0 Å². The summed E-state index contributed by atoms with van der Waals surface area (Å²) < 4.78 is 0. The van der Waals surface area contributed by atoms with E-state index >= 15 is 0 Å². The molecule has 0 aliphatic heterocycles. The fourth-order valence-corrected chi connectivity index (χ4v) is 0.933. The number of ketones is 1. The third-order valence-corrected chi connectivity index (χ3v) is 2.17. The third kappa shape index (κ3) is 36.3. The zero-order chi connectivity index (χ0) is 18.2. The van der Waals surface area contributed by atoms with Gasteiger partial charge in [0.2, 0.25) is 0 Å². The molecule has 1 N–H and O–H groups in total. The lowest BCUT2D eigenvalue weighted by Gasteiger charge is -1.93. The maximum Gasteiger partial charge on any atom is 0.129 e. The second kappa shape index (κ2) is 31.8. The number of aryl methyl sites for hydroxylation is 1. The van der Waals surface area contributed by atoms with Gasteiger partial charge in [-0.1, -0.05) is 77.4 Å². The highest BCUT2D eigenvalue weighted by atomic mass is 16.2. The predicted molar refractivity (Wildman–Crippen MR) is 101 cm³/mol. The van der Waals surface area contributed by atoms with Gasteiger partial charge in [0, 0.05) is 13.5 Å². The summed E-state index contributed by atoms with van der Waals surface area (Å²) in [5.41, 5.74) is 1.44. The molecule has 1 aromatic rings. The van der Waals surface area contributed by atoms with Gasteiger partial charge in [0.05, 0.1) is 0 Å². The van der Waals surface area contributed by atoms with E-state index in [0.717, 1.165) is 13.5 Å². The normalized spacial score (nSPS) is 7.27. The molecule has 0 saturated heterocycles. The smallest absolute Gasteiger partial charge is 0.129 e. The summed E-state index contributed by atoms with van der Waals surface area (Å²) in [5, 5.41) is 7.00. The number of Topliss-reactive ketones (excluding diaryl/α,β-unsaturated/α-hetero) is 1. The van der Waals surface area contributed by atoms with E-state index in [9.17, 15) is 4.79 Å². The zero-order valence-electron chi connectivity index (χ0n) is 15.9. The van der Waals surface area contributed by atoms with Gasteiger partial charge in [0.1, 0.15) is 5.78 Å². The molecule has 0 atom stereocenters. The van der Waals surface area contributed by atoms with E-state index < -0.39 is 0 Å². The quantitative estimate of drug-likeness (QED) is 0.709. The summed E-state index contributed by atoms with van der Waals surface area (Å²) in [6.07, 6.45) is 6.07. The fraction of sp³-hybridized carbons (Fsp3) is 0.550. The molecule has 1 rings (SSSR count). The Labute approximate surface area is 139 Å². The van der Waals surface area contributed by atoms with Crippen molar-refractivity contribution < 1.29 is 9.90 Å². The number of allylic oxidation sites excluding steroid dienone is 1. The number of carbonyl (C=O) groups is 1. The van der Waals surface area contributed by atoms with Gasteiger partial charge in [0.15, 0.2) is 0 Å². The number of hydrogen-bond donors (Lipinski definition) is 1. The van der Waals surface area contributed by atoms with Crippen LogP contribution < -0.4 is 0 Å². The maximum absolute atomic E-state index is 9.81. The van der Waals surface area contributed by atoms with Gasteiger partial charge in [-0.2, -0.15) is 0 Å². The average molecular weight is 311 g/mol. The Balaban J connectivity index is -0.000000107. The summed E-state index contributed by atoms with van der Waals surface area (Å²) in [6, 6.07) is 10.6. The van der Waals surface area contributed by atoms with Crippen molar-refractivity contribution in [2.24, 2.45) is 0 Å². The second-order valence-electron chi connectivity index (χ2n) is 3.99. The number of hydrogen-bond acceptors (Lipinski definition) is 2. The van der Waals surface area contributed by atoms with Gasteiger partial charge in [-0.25, -0.2) is 0 Å². The average Bonchev–Trinajstić information content (AvgIpc) is 2.60. The van der Waals surface area contributed by atoms with E-state index in [1.807, 2.05) is 26.8 Å². The van der Waals surface area contributed by atoms with E-state index in [-0.39, 0.29) is 5.78 Å². The van der Waals surface area contributed by atoms with Crippen molar-refractivity contribution in [3.63, 3.8) is 0 Å². The second-order valence-corrected chi connectivity index (χ2v) is 3.99. The van der Waals surface area contributed by atoms with Crippen LogP contribution in [0.4, 0.5) is 0 Å². The minimum absolute atomic E-state index is 0.255. The lowest BCUT2D eigenvalue weighted by molar-refractivity contribution is -0.116. The molecule has 0 unspecified atom stereocenters. The Bertz CT molecular complexity index is 292. The van der Waals surface area contributed by atoms with Crippen LogP contribution >= 0.6 is 0 Å². The van der Waals surface area contributed by atoms with Crippen molar-refractivity contribution >= 4 is 5.78 Å². The first kappa shape index (κ1) is 28.7. The molecule has 0 saturated carbocycles. The van der Waals surface area contributed by atoms with Crippen LogP contribution in [0.5, 0.6) is 0 Å². The van der Waals surface area contributed by atoms with E-state index in [0.29, 0.717) is 6.42 Å². The van der Waals surface area contributed by atoms with E-state index in [1.54, 1.807) is 6.92 Å². The first-order valence-electron chi connectivity index (χ1n) is 8.21. The highest BCUT2D eigenvalue weighted by Gasteiger charge is 1.84. The molecule has 22 heavy (non-hydrogen) atoms. The molecule has 0 amide bonds. The topological polar surface area (TPSA) is 37.3 Å².